The van der Waals surface area contributed by atoms with Crippen molar-refractivity contribution >= 4 is 22.5 Å². The summed E-state index contributed by atoms with van der Waals surface area (Å²) >= 11 is 6.33. The molecule has 2 aromatic heterocycles. The number of nitrogens with one attached hydrogen (secondary N) is 2. The van der Waals surface area contributed by atoms with Crippen LogP contribution in [0.5, 0.6) is 0 Å². The van der Waals surface area contributed by atoms with Crippen molar-refractivity contribution < 1.29 is 4.39 Å². The first-order valence-electron chi connectivity index (χ1n) is 9.22. The molecule has 0 amide bonds. The molecule has 5 heteroatoms. The third-order valence-electron chi connectivity index (χ3n) is 5.34. The maximum Gasteiger partial charge on any atom is 0.213 e. The third kappa shape index (κ3) is 3.12. The molecule has 0 aliphatic carbocycles. The molecule has 0 atom stereocenters. The standard InChI is InChI=1S/C21H23ClFN3/c1-12(2)20-16-9-14(13-5-7-24-8-6-13)3-4-18(16)26-21(20)15-10-19(23)25-11-17(15)22/h3-4,9-13,24,26H,5-8H2,1-2H3. The van der Waals surface area contributed by atoms with E-state index in [0.717, 1.165) is 24.3 Å². The van der Waals surface area contributed by atoms with Crippen LogP contribution in [-0.4, -0.2) is 23.1 Å². The lowest BCUT2D eigenvalue weighted by Crippen LogP contribution is -2.26. The lowest BCUT2D eigenvalue weighted by molar-refractivity contribution is 0.460. The fourth-order valence-electron chi connectivity index (χ4n) is 4.06. The molecule has 0 radical (unpaired) electrons. The lowest BCUT2D eigenvalue weighted by atomic mass is 9.88. The molecule has 1 aromatic carbocycles. The van der Waals surface area contributed by atoms with Crippen LogP contribution in [0.25, 0.3) is 22.2 Å². The van der Waals surface area contributed by atoms with Crippen LogP contribution < -0.4 is 5.32 Å². The van der Waals surface area contributed by atoms with Gasteiger partial charge in [0, 0.05) is 28.7 Å². The molecule has 1 aliphatic rings. The number of pyridine rings is 1. The highest BCUT2D eigenvalue weighted by atomic mass is 35.5. The average Bonchev–Trinajstić information content (AvgIpc) is 3.03. The Morgan fingerprint density at radius 3 is 2.69 bits per heavy atom. The highest BCUT2D eigenvalue weighted by Gasteiger charge is 2.21. The van der Waals surface area contributed by atoms with E-state index in [9.17, 15) is 4.39 Å². The van der Waals surface area contributed by atoms with Gasteiger partial charge < -0.3 is 10.3 Å². The minimum absolute atomic E-state index is 0.286. The molecule has 0 saturated carbocycles. The van der Waals surface area contributed by atoms with Crippen molar-refractivity contribution in [3.63, 3.8) is 0 Å². The van der Waals surface area contributed by atoms with Crippen molar-refractivity contribution in [3.05, 3.63) is 52.6 Å². The highest BCUT2D eigenvalue weighted by molar-refractivity contribution is 6.33. The zero-order valence-corrected chi connectivity index (χ0v) is 15.8. The Labute approximate surface area is 158 Å². The fraction of sp³-hybridized carbons (Fsp3) is 0.381. The van der Waals surface area contributed by atoms with E-state index in [2.05, 4.69) is 47.3 Å². The zero-order chi connectivity index (χ0) is 18.3. The Kier molecular flexibility index (Phi) is 4.72. The second-order valence-corrected chi connectivity index (χ2v) is 7.79. The molecule has 136 valence electrons. The summed E-state index contributed by atoms with van der Waals surface area (Å²) in [5, 5.41) is 5.09. The van der Waals surface area contributed by atoms with Crippen molar-refractivity contribution in [1.29, 1.82) is 0 Å². The first-order valence-corrected chi connectivity index (χ1v) is 9.60. The SMILES string of the molecule is CC(C)c1c(-c2cc(F)ncc2Cl)[nH]c2ccc(C3CCNCC3)cc12. The molecule has 0 bridgehead atoms. The molecule has 2 N–H and O–H groups in total. The molecule has 0 unspecified atom stereocenters. The van der Waals surface area contributed by atoms with E-state index in [1.165, 1.54) is 41.6 Å². The van der Waals surface area contributed by atoms with E-state index >= 15 is 0 Å². The quantitative estimate of drug-likeness (QED) is 0.587. The van der Waals surface area contributed by atoms with Crippen molar-refractivity contribution in [2.24, 2.45) is 0 Å². The number of halogens is 2. The van der Waals surface area contributed by atoms with Gasteiger partial charge in [-0.25, -0.2) is 4.98 Å². The van der Waals surface area contributed by atoms with Gasteiger partial charge in [-0.2, -0.15) is 4.39 Å². The minimum atomic E-state index is -0.520. The largest absolute Gasteiger partial charge is 0.354 e. The van der Waals surface area contributed by atoms with Crippen LogP contribution in [0.1, 0.15) is 49.7 Å². The lowest BCUT2D eigenvalue weighted by Gasteiger charge is -2.23. The Morgan fingerprint density at radius 2 is 1.96 bits per heavy atom. The van der Waals surface area contributed by atoms with E-state index in [-0.39, 0.29) is 5.92 Å². The third-order valence-corrected chi connectivity index (χ3v) is 5.64. The predicted octanol–water partition coefficient (Wildman–Crippen LogP) is 5.61. The van der Waals surface area contributed by atoms with Crippen molar-refractivity contribution in [2.45, 2.75) is 38.5 Å². The van der Waals surface area contributed by atoms with Crippen LogP contribution in [0.3, 0.4) is 0 Å². The Balaban J connectivity index is 1.88. The van der Waals surface area contributed by atoms with E-state index in [1.54, 1.807) is 0 Å². The Bertz CT molecular complexity index is 942. The Morgan fingerprint density at radius 1 is 1.19 bits per heavy atom. The number of benzene rings is 1. The molecule has 4 rings (SSSR count). The van der Waals surface area contributed by atoms with Gasteiger partial charge >= 0.3 is 0 Å². The summed E-state index contributed by atoms with van der Waals surface area (Å²) in [6, 6.07) is 8.09. The van der Waals surface area contributed by atoms with E-state index in [4.69, 9.17) is 11.6 Å². The molecule has 1 saturated heterocycles. The van der Waals surface area contributed by atoms with Gasteiger partial charge in [-0.1, -0.05) is 31.5 Å². The van der Waals surface area contributed by atoms with Crippen molar-refractivity contribution in [2.75, 3.05) is 13.1 Å². The summed E-state index contributed by atoms with van der Waals surface area (Å²) in [5.41, 5.74) is 5.20. The smallest absolute Gasteiger partial charge is 0.213 e. The first-order chi connectivity index (χ1) is 12.5. The van der Waals surface area contributed by atoms with E-state index in [1.807, 2.05) is 0 Å². The summed E-state index contributed by atoms with van der Waals surface area (Å²) in [6.45, 7) is 6.47. The van der Waals surface area contributed by atoms with Gasteiger partial charge in [0.25, 0.3) is 0 Å². The predicted molar refractivity (Wildman–Crippen MR) is 105 cm³/mol. The molecule has 0 spiro atoms. The number of hydrogen-bond donors (Lipinski definition) is 2. The molecule has 3 nitrogen and oxygen atoms in total. The monoisotopic (exact) mass is 371 g/mol. The topological polar surface area (TPSA) is 40.7 Å². The molecule has 3 aromatic rings. The Hall–Kier alpha value is -1.91. The summed E-state index contributed by atoms with van der Waals surface area (Å²) < 4.78 is 13.7. The maximum atomic E-state index is 13.7. The van der Waals surface area contributed by atoms with Crippen LogP contribution in [0, 0.1) is 5.95 Å². The van der Waals surface area contributed by atoms with Gasteiger partial charge in [-0.15, -0.1) is 0 Å². The maximum absolute atomic E-state index is 13.7. The number of piperidine rings is 1. The summed E-state index contributed by atoms with van der Waals surface area (Å²) in [5.74, 6) is 0.364. The van der Waals surface area contributed by atoms with Crippen LogP contribution in [-0.2, 0) is 0 Å². The number of hydrogen-bond acceptors (Lipinski definition) is 2. The first kappa shape index (κ1) is 17.5. The van der Waals surface area contributed by atoms with Crippen LogP contribution in [0.4, 0.5) is 4.39 Å². The van der Waals surface area contributed by atoms with E-state index < -0.39 is 5.95 Å². The van der Waals surface area contributed by atoms with Crippen LogP contribution in [0.15, 0.2) is 30.5 Å². The van der Waals surface area contributed by atoms with Crippen LogP contribution >= 0.6 is 11.6 Å². The second kappa shape index (κ2) is 7.01. The summed E-state index contributed by atoms with van der Waals surface area (Å²) in [7, 11) is 0. The fourth-order valence-corrected chi connectivity index (χ4v) is 4.25. The molecular weight excluding hydrogens is 349 g/mol. The number of aromatic amines is 1. The average molecular weight is 372 g/mol. The summed E-state index contributed by atoms with van der Waals surface area (Å²) in [6.07, 6.45) is 3.71. The molecule has 1 aliphatic heterocycles. The van der Waals surface area contributed by atoms with Gasteiger partial charge in [0.1, 0.15) is 0 Å². The second-order valence-electron chi connectivity index (χ2n) is 7.38. The van der Waals surface area contributed by atoms with Crippen molar-refractivity contribution in [1.82, 2.24) is 15.3 Å². The number of nitrogens with zero attached hydrogens (tertiary/aromatic N) is 1. The number of H-pyrrole nitrogens is 1. The van der Waals surface area contributed by atoms with Crippen molar-refractivity contribution in [3.8, 4) is 11.3 Å². The molecule has 1 fully saturated rings. The van der Waals surface area contributed by atoms with Gasteiger partial charge in [0.05, 0.1) is 10.7 Å². The van der Waals surface area contributed by atoms with Gasteiger partial charge in [-0.05, 0) is 61.0 Å². The number of rotatable bonds is 3. The normalized spacial score (nSPS) is 15.9. The minimum Gasteiger partial charge on any atom is -0.354 e. The van der Waals surface area contributed by atoms with Gasteiger partial charge in [-0.3, -0.25) is 0 Å². The summed E-state index contributed by atoms with van der Waals surface area (Å²) in [4.78, 5) is 7.12. The van der Waals surface area contributed by atoms with Gasteiger partial charge in [0.15, 0.2) is 0 Å². The van der Waals surface area contributed by atoms with Gasteiger partial charge in [0.2, 0.25) is 5.95 Å². The molecule has 26 heavy (non-hydrogen) atoms. The van der Waals surface area contributed by atoms with Crippen LogP contribution in [0.2, 0.25) is 5.02 Å². The zero-order valence-electron chi connectivity index (χ0n) is 15.1. The number of fused-ring (bicyclic) bond motifs is 1. The number of aromatic nitrogens is 2. The van der Waals surface area contributed by atoms with E-state index in [0.29, 0.717) is 16.5 Å². The molecular formula is C21H23ClFN3. The molecule has 3 heterocycles. The highest BCUT2D eigenvalue weighted by Crippen LogP contribution is 2.39.